The number of nitrogens with zero attached hydrogens (tertiary/aromatic N) is 3. The Labute approximate surface area is 285 Å². The number of ether oxygens (including phenoxy) is 4. The number of rotatable bonds is 14. The monoisotopic (exact) mass is 689 g/mol. The summed E-state index contributed by atoms with van der Waals surface area (Å²) in [4.78, 5) is 33.7. The summed E-state index contributed by atoms with van der Waals surface area (Å²) >= 11 is 0. The molecule has 0 bridgehead atoms. The van der Waals surface area contributed by atoms with Crippen molar-refractivity contribution in [1.29, 1.82) is 0 Å². The van der Waals surface area contributed by atoms with Gasteiger partial charge in [-0.15, -0.1) is 0 Å². The average Bonchev–Trinajstić information content (AvgIpc) is 3.12. The highest BCUT2D eigenvalue weighted by atomic mass is 32.2. The van der Waals surface area contributed by atoms with Crippen molar-refractivity contribution < 1.29 is 42.1 Å². The molecular formula is C36H39N3O9S. The molecule has 0 aliphatic carbocycles. The van der Waals surface area contributed by atoms with Crippen LogP contribution < -0.4 is 14.2 Å². The van der Waals surface area contributed by atoms with Gasteiger partial charge in [0, 0.05) is 18.3 Å². The Morgan fingerprint density at radius 2 is 1.78 bits per heavy atom. The zero-order valence-electron chi connectivity index (χ0n) is 27.6. The standard InChI is InChI=1S/C36H39N3O9S/c1-24-37-18-17-30(38-24)26-8-7-11-29(22-26)49(43,44)39-19-5-4-12-31(39)36(42)48-32(27-9-6-10-28(21-27)47-23-35(40)41)15-13-25-14-16-33(45-2)34(20-25)46-3/h6-11,14,16-18,20-22,31-32H,4-5,12-13,15,19,23H2,1-3H3,(H,40,41)/t31-,32?/m1/s1. The molecule has 0 amide bonds. The zero-order chi connectivity index (χ0) is 35.0. The number of esters is 1. The maximum atomic E-state index is 14.1. The van der Waals surface area contributed by atoms with Crippen LogP contribution in [0.15, 0.2) is 83.9 Å². The molecule has 1 unspecified atom stereocenters. The van der Waals surface area contributed by atoms with Gasteiger partial charge < -0.3 is 24.1 Å². The summed E-state index contributed by atoms with van der Waals surface area (Å²) in [5, 5.41) is 9.09. The highest BCUT2D eigenvalue weighted by Gasteiger charge is 2.39. The fourth-order valence-corrected chi connectivity index (χ4v) is 7.49. The van der Waals surface area contributed by atoms with E-state index in [1.807, 2.05) is 12.1 Å². The van der Waals surface area contributed by atoms with Crippen LogP contribution in [0, 0.1) is 6.92 Å². The van der Waals surface area contributed by atoms with E-state index in [-0.39, 0.29) is 11.4 Å². The van der Waals surface area contributed by atoms with E-state index in [1.165, 1.54) is 10.4 Å². The molecule has 3 aromatic carbocycles. The van der Waals surface area contributed by atoms with Crippen molar-refractivity contribution in [2.75, 3.05) is 27.4 Å². The van der Waals surface area contributed by atoms with Gasteiger partial charge in [0.1, 0.15) is 23.7 Å². The fraction of sp³-hybridized carbons (Fsp3) is 0.333. The second-order valence-electron chi connectivity index (χ2n) is 11.6. The Kier molecular flexibility index (Phi) is 11.5. The number of piperidine rings is 1. The maximum absolute atomic E-state index is 14.1. The minimum Gasteiger partial charge on any atom is -0.493 e. The number of carboxylic acid groups (broad SMARTS) is 1. The summed E-state index contributed by atoms with van der Waals surface area (Å²) in [6.07, 6.45) is 3.17. The zero-order valence-corrected chi connectivity index (χ0v) is 28.4. The van der Waals surface area contributed by atoms with Gasteiger partial charge in [0.15, 0.2) is 18.1 Å². The summed E-state index contributed by atoms with van der Waals surface area (Å²) in [6.45, 7) is 1.38. The van der Waals surface area contributed by atoms with Gasteiger partial charge in [-0.3, -0.25) is 4.79 Å². The van der Waals surface area contributed by atoms with Crippen molar-refractivity contribution in [2.24, 2.45) is 0 Å². The molecule has 0 spiro atoms. The first-order valence-corrected chi connectivity index (χ1v) is 17.3. The van der Waals surface area contributed by atoms with Crippen LogP contribution in [0.4, 0.5) is 0 Å². The van der Waals surface area contributed by atoms with Crippen LogP contribution in [-0.2, 0) is 30.8 Å². The molecule has 1 aliphatic heterocycles. The molecule has 12 nitrogen and oxygen atoms in total. The van der Waals surface area contributed by atoms with E-state index in [0.29, 0.717) is 72.0 Å². The minimum atomic E-state index is -4.10. The topological polar surface area (TPSA) is 154 Å². The summed E-state index contributed by atoms with van der Waals surface area (Å²) in [5.41, 5.74) is 2.68. The lowest BCUT2D eigenvalue weighted by molar-refractivity contribution is -0.155. The number of methoxy groups -OCH3 is 2. The molecule has 0 saturated carbocycles. The first kappa shape index (κ1) is 35.3. The Bertz CT molecular complexity index is 1900. The van der Waals surface area contributed by atoms with Gasteiger partial charge in [-0.05, 0) is 92.6 Å². The van der Waals surface area contributed by atoms with Crippen LogP contribution in [0.2, 0.25) is 0 Å². The minimum absolute atomic E-state index is 0.0502. The highest BCUT2D eigenvalue weighted by molar-refractivity contribution is 7.89. The predicted octanol–water partition coefficient (Wildman–Crippen LogP) is 5.39. The van der Waals surface area contributed by atoms with Crippen molar-refractivity contribution in [1.82, 2.24) is 14.3 Å². The molecule has 2 atom stereocenters. The molecule has 1 fully saturated rings. The second kappa shape index (κ2) is 15.9. The number of aromatic nitrogens is 2. The van der Waals surface area contributed by atoms with Crippen LogP contribution >= 0.6 is 0 Å². The number of carbonyl (C=O) groups is 2. The summed E-state index contributed by atoms with van der Waals surface area (Å²) in [7, 11) is -1.00. The summed E-state index contributed by atoms with van der Waals surface area (Å²) in [6, 6.07) is 19.4. The Morgan fingerprint density at radius 3 is 2.53 bits per heavy atom. The second-order valence-corrected chi connectivity index (χ2v) is 13.4. The van der Waals surface area contributed by atoms with Crippen molar-refractivity contribution in [3.05, 3.63) is 95.9 Å². The number of aliphatic carboxylic acids is 1. The number of benzene rings is 3. The van der Waals surface area contributed by atoms with E-state index in [0.717, 1.165) is 5.56 Å². The van der Waals surface area contributed by atoms with Crippen LogP contribution in [0.3, 0.4) is 0 Å². The average molecular weight is 690 g/mol. The smallest absolute Gasteiger partial charge is 0.341 e. The quantitative estimate of drug-likeness (QED) is 0.169. The van der Waals surface area contributed by atoms with Crippen LogP contribution in [0.25, 0.3) is 11.3 Å². The first-order valence-electron chi connectivity index (χ1n) is 15.9. The van der Waals surface area contributed by atoms with Gasteiger partial charge >= 0.3 is 11.9 Å². The Morgan fingerprint density at radius 1 is 0.980 bits per heavy atom. The molecule has 2 heterocycles. The van der Waals surface area contributed by atoms with Gasteiger partial charge in [0.05, 0.1) is 24.8 Å². The molecular weight excluding hydrogens is 650 g/mol. The predicted molar refractivity (Wildman–Crippen MR) is 180 cm³/mol. The van der Waals surface area contributed by atoms with Crippen molar-refractivity contribution in [3.63, 3.8) is 0 Å². The molecule has 13 heteroatoms. The fourth-order valence-electron chi connectivity index (χ4n) is 5.79. The van der Waals surface area contributed by atoms with Gasteiger partial charge in [-0.2, -0.15) is 4.31 Å². The normalized spacial score (nSPS) is 15.6. The molecule has 258 valence electrons. The Hall–Kier alpha value is -5.01. The molecule has 1 N–H and O–H groups in total. The van der Waals surface area contributed by atoms with Gasteiger partial charge in [-0.25, -0.2) is 23.2 Å². The SMILES string of the molecule is COc1ccc(CCC(OC(=O)[C@H]2CCCCN2S(=O)(=O)c2cccc(-c3ccnc(C)n3)c2)c2cccc(OCC(=O)O)c2)cc1OC. The largest absolute Gasteiger partial charge is 0.493 e. The van der Waals surface area contributed by atoms with Gasteiger partial charge in [0.2, 0.25) is 10.0 Å². The van der Waals surface area contributed by atoms with Crippen molar-refractivity contribution >= 4 is 22.0 Å². The number of hydrogen-bond acceptors (Lipinski definition) is 10. The number of aryl methyl sites for hydroxylation is 2. The molecule has 49 heavy (non-hydrogen) atoms. The van der Waals surface area contributed by atoms with Crippen molar-refractivity contribution in [3.8, 4) is 28.5 Å². The number of carboxylic acids is 1. The number of hydrogen-bond donors (Lipinski definition) is 1. The van der Waals surface area contributed by atoms with E-state index in [9.17, 15) is 18.0 Å². The lowest BCUT2D eigenvalue weighted by atomic mass is 10.00. The van der Waals surface area contributed by atoms with E-state index in [1.54, 1.807) is 81.9 Å². The third-order valence-corrected chi connectivity index (χ3v) is 10.1. The lowest BCUT2D eigenvalue weighted by Crippen LogP contribution is -2.48. The van der Waals surface area contributed by atoms with Gasteiger partial charge in [0.25, 0.3) is 0 Å². The molecule has 5 rings (SSSR count). The van der Waals surface area contributed by atoms with Crippen molar-refractivity contribution in [2.45, 2.75) is 56.1 Å². The van der Waals surface area contributed by atoms with Gasteiger partial charge in [-0.1, -0.05) is 30.3 Å². The number of sulfonamides is 1. The third kappa shape index (κ3) is 8.72. The lowest BCUT2D eigenvalue weighted by Gasteiger charge is -2.34. The first-order chi connectivity index (χ1) is 23.6. The van der Waals surface area contributed by atoms with Crippen LogP contribution in [0.5, 0.6) is 17.2 Å². The van der Waals surface area contributed by atoms with E-state index in [2.05, 4.69) is 9.97 Å². The highest BCUT2D eigenvalue weighted by Crippen LogP contribution is 2.33. The molecule has 0 radical (unpaired) electrons. The van der Waals surface area contributed by atoms with E-state index >= 15 is 0 Å². The third-order valence-electron chi connectivity index (χ3n) is 8.23. The molecule has 1 saturated heterocycles. The number of carbonyl (C=O) groups excluding carboxylic acids is 1. The van der Waals surface area contributed by atoms with Crippen LogP contribution in [-0.4, -0.2) is 73.1 Å². The van der Waals surface area contributed by atoms with E-state index in [4.69, 9.17) is 24.1 Å². The van der Waals surface area contributed by atoms with E-state index < -0.39 is 40.7 Å². The van der Waals surface area contributed by atoms with Crippen LogP contribution in [0.1, 0.15) is 48.7 Å². The molecule has 1 aromatic heterocycles. The molecule has 1 aliphatic rings. The Balaban J connectivity index is 1.41. The maximum Gasteiger partial charge on any atom is 0.341 e. The summed E-state index contributed by atoms with van der Waals surface area (Å²) in [5.74, 6) is 0.198. The summed E-state index contributed by atoms with van der Waals surface area (Å²) < 4.78 is 51.8. The molecule has 4 aromatic rings.